The van der Waals surface area contributed by atoms with Gasteiger partial charge in [0.15, 0.2) is 0 Å². The molecule has 0 aromatic carbocycles. The second-order valence-electron chi connectivity index (χ2n) is 5.13. The molecule has 0 bridgehead atoms. The number of hydrogen-bond donors (Lipinski definition) is 2. The minimum absolute atomic E-state index is 0.196. The molecule has 88 valence electrons. The lowest BCUT2D eigenvalue weighted by Gasteiger charge is -2.34. The van der Waals surface area contributed by atoms with Crippen LogP contribution in [-0.2, 0) is 0 Å². The summed E-state index contributed by atoms with van der Waals surface area (Å²) < 4.78 is 0. The molecular weight excluding hydrogens is 188 g/mol. The van der Waals surface area contributed by atoms with E-state index in [4.69, 9.17) is 5.73 Å². The molecule has 0 spiro atoms. The van der Waals surface area contributed by atoms with Gasteiger partial charge in [0.05, 0.1) is 6.61 Å². The van der Waals surface area contributed by atoms with E-state index in [1.165, 1.54) is 25.7 Å². The topological polar surface area (TPSA) is 49.5 Å². The highest BCUT2D eigenvalue weighted by Crippen LogP contribution is 2.36. The lowest BCUT2D eigenvalue weighted by atomic mass is 10.0. The van der Waals surface area contributed by atoms with E-state index in [0.29, 0.717) is 12.0 Å². The summed E-state index contributed by atoms with van der Waals surface area (Å²) in [4.78, 5) is 2.46. The van der Waals surface area contributed by atoms with Crippen molar-refractivity contribution in [3.05, 3.63) is 0 Å². The molecule has 2 rings (SSSR count). The molecule has 0 radical (unpaired) electrons. The molecule has 0 aromatic rings. The Bertz CT molecular complexity index is 202. The Labute approximate surface area is 92.6 Å². The second-order valence-corrected chi connectivity index (χ2v) is 5.13. The normalized spacial score (nSPS) is 25.6. The predicted octanol–water partition coefficient (Wildman–Crippen LogP) is 0.959. The summed E-state index contributed by atoms with van der Waals surface area (Å²) in [7, 11) is 0. The molecule has 3 heteroatoms. The van der Waals surface area contributed by atoms with E-state index in [1.807, 2.05) is 0 Å². The molecule has 2 atom stereocenters. The first kappa shape index (κ1) is 11.4. The first-order valence-electron chi connectivity index (χ1n) is 6.40. The monoisotopic (exact) mass is 212 g/mol. The predicted molar refractivity (Wildman–Crippen MR) is 61.6 cm³/mol. The van der Waals surface area contributed by atoms with Crippen molar-refractivity contribution >= 4 is 0 Å². The number of nitrogens with two attached hydrogens (primary N) is 1. The molecule has 2 aliphatic carbocycles. The van der Waals surface area contributed by atoms with Crippen molar-refractivity contribution in [2.24, 2.45) is 11.7 Å². The van der Waals surface area contributed by atoms with E-state index in [1.54, 1.807) is 0 Å². The van der Waals surface area contributed by atoms with Crippen LogP contribution in [0.5, 0.6) is 0 Å². The van der Waals surface area contributed by atoms with Crippen molar-refractivity contribution < 1.29 is 5.11 Å². The van der Waals surface area contributed by atoms with Crippen LogP contribution in [0.15, 0.2) is 0 Å². The van der Waals surface area contributed by atoms with Crippen LogP contribution in [0.2, 0.25) is 0 Å². The van der Waals surface area contributed by atoms with Gasteiger partial charge in [-0.05, 0) is 44.6 Å². The highest BCUT2D eigenvalue weighted by atomic mass is 16.3. The Balaban J connectivity index is 1.94. The number of hydrogen-bond acceptors (Lipinski definition) is 3. The van der Waals surface area contributed by atoms with Gasteiger partial charge in [0, 0.05) is 18.1 Å². The van der Waals surface area contributed by atoms with Crippen LogP contribution in [0.25, 0.3) is 0 Å². The summed E-state index contributed by atoms with van der Waals surface area (Å²) in [6, 6.07) is 1.12. The lowest BCUT2D eigenvalue weighted by molar-refractivity contribution is 0.0913. The van der Waals surface area contributed by atoms with Crippen molar-refractivity contribution in [3.63, 3.8) is 0 Å². The summed E-state index contributed by atoms with van der Waals surface area (Å²) in [6.07, 6.45) is 6.29. The number of rotatable bonds is 7. The Hall–Kier alpha value is -0.120. The van der Waals surface area contributed by atoms with Crippen LogP contribution in [0.3, 0.4) is 0 Å². The average Bonchev–Trinajstić information content (AvgIpc) is 3.07. The van der Waals surface area contributed by atoms with Crippen LogP contribution in [-0.4, -0.2) is 41.3 Å². The van der Waals surface area contributed by atoms with Crippen LogP contribution in [0.4, 0.5) is 0 Å². The summed E-state index contributed by atoms with van der Waals surface area (Å²) >= 11 is 0. The molecule has 0 aromatic heterocycles. The van der Waals surface area contributed by atoms with E-state index >= 15 is 0 Å². The van der Waals surface area contributed by atoms with Gasteiger partial charge in [0.2, 0.25) is 0 Å². The van der Waals surface area contributed by atoms with Gasteiger partial charge in [0.25, 0.3) is 0 Å². The SMILES string of the molecule is CCCN(C1CC1)C(CO)C(N)C1CC1. The van der Waals surface area contributed by atoms with Crippen LogP contribution < -0.4 is 5.73 Å². The van der Waals surface area contributed by atoms with Gasteiger partial charge < -0.3 is 10.8 Å². The Morgan fingerprint density at radius 1 is 1.33 bits per heavy atom. The minimum Gasteiger partial charge on any atom is -0.395 e. The molecule has 2 aliphatic rings. The fourth-order valence-electron chi connectivity index (χ4n) is 2.53. The van der Waals surface area contributed by atoms with Gasteiger partial charge in [-0.3, -0.25) is 4.90 Å². The van der Waals surface area contributed by atoms with Crippen molar-refractivity contribution in [1.82, 2.24) is 4.90 Å². The molecule has 0 aliphatic heterocycles. The summed E-state index contributed by atoms with van der Waals surface area (Å²) in [5.74, 6) is 0.681. The van der Waals surface area contributed by atoms with Gasteiger partial charge in [0.1, 0.15) is 0 Å². The number of aliphatic hydroxyl groups excluding tert-OH is 1. The van der Waals surface area contributed by atoms with Crippen molar-refractivity contribution in [2.45, 2.75) is 57.2 Å². The zero-order chi connectivity index (χ0) is 10.8. The average molecular weight is 212 g/mol. The van der Waals surface area contributed by atoms with Gasteiger partial charge >= 0.3 is 0 Å². The lowest BCUT2D eigenvalue weighted by Crippen LogP contribution is -2.52. The minimum atomic E-state index is 0.196. The van der Waals surface area contributed by atoms with Gasteiger partial charge in [-0.1, -0.05) is 6.92 Å². The first-order chi connectivity index (χ1) is 7.27. The highest BCUT2D eigenvalue weighted by Gasteiger charge is 2.40. The molecule has 0 heterocycles. The van der Waals surface area contributed by atoms with E-state index in [-0.39, 0.29) is 18.7 Å². The van der Waals surface area contributed by atoms with Gasteiger partial charge in [-0.25, -0.2) is 0 Å². The van der Waals surface area contributed by atoms with Crippen LogP contribution >= 0.6 is 0 Å². The molecule has 2 fully saturated rings. The summed E-state index contributed by atoms with van der Waals surface area (Å²) in [5, 5.41) is 9.53. The largest absolute Gasteiger partial charge is 0.395 e. The zero-order valence-corrected chi connectivity index (χ0v) is 9.73. The molecule has 15 heavy (non-hydrogen) atoms. The van der Waals surface area contributed by atoms with Crippen LogP contribution in [0.1, 0.15) is 39.0 Å². The third kappa shape index (κ3) is 2.71. The Kier molecular flexibility index (Phi) is 3.65. The van der Waals surface area contributed by atoms with E-state index in [2.05, 4.69) is 11.8 Å². The van der Waals surface area contributed by atoms with Crippen LogP contribution in [0, 0.1) is 5.92 Å². The maximum atomic E-state index is 9.53. The summed E-state index contributed by atoms with van der Waals surface area (Å²) in [6.45, 7) is 3.52. The maximum Gasteiger partial charge on any atom is 0.0602 e. The maximum absolute atomic E-state index is 9.53. The molecule has 0 amide bonds. The standard InChI is InChI=1S/C12H24N2O/c1-2-7-14(10-5-6-10)11(8-15)12(13)9-3-4-9/h9-12,15H,2-8,13H2,1H3. The van der Waals surface area contributed by atoms with Crippen molar-refractivity contribution in [2.75, 3.05) is 13.2 Å². The highest BCUT2D eigenvalue weighted by molar-refractivity contribution is 4.97. The smallest absolute Gasteiger partial charge is 0.0602 e. The third-order valence-corrected chi connectivity index (χ3v) is 3.72. The first-order valence-corrected chi connectivity index (χ1v) is 6.40. The summed E-state index contributed by atoms with van der Waals surface area (Å²) in [5.41, 5.74) is 6.23. The van der Waals surface area contributed by atoms with Crippen molar-refractivity contribution in [1.29, 1.82) is 0 Å². The molecular formula is C12H24N2O. The van der Waals surface area contributed by atoms with Gasteiger partial charge in [-0.2, -0.15) is 0 Å². The van der Waals surface area contributed by atoms with Crippen molar-refractivity contribution in [3.8, 4) is 0 Å². The molecule has 0 saturated heterocycles. The zero-order valence-electron chi connectivity index (χ0n) is 9.73. The van der Waals surface area contributed by atoms with E-state index in [0.717, 1.165) is 13.0 Å². The number of nitrogens with zero attached hydrogens (tertiary/aromatic N) is 1. The molecule has 2 saturated carbocycles. The third-order valence-electron chi connectivity index (χ3n) is 3.72. The Morgan fingerprint density at radius 2 is 2.00 bits per heavy atom. The fourth-order valence-corrected chi connectivity index (χ4v) is 2.53. The van der Waals surface area contributed by atoms with E-state index < -0.39 is 0 Å². The molecule has 3 N–H and O–H groups in total. The molecule has 2 unspecified atom stereocenters. The molecule has 3 nitrogen and oxygen atoms in total. The quantitative estimate of drug-likeness (QED) is 0.661. The van der Waals surface area contributed by atoms with E-state index in [9.17, 15) is 5.11 Å². The second kappa shape index (κ2) is 4.81. The Morgan fingerprint density at radius 3 is 2.40 bits per heavy atom. The van der Waals surface area contributed by atoms with Gasteiger partial charge in [-0.15, -0.1) is 0 Å². The fraction of sp³-hybridized carbons (Fsp3) is 1.00. The number of aliphatic hydroxyl groups is 1.